The maximum atomic E-state index is 9.85. The van der Waals surface area contributed by atoms with E-state index in [1.54, 1.807) is 0 Å². The van der Waals surface area contributed by atoms with Gasteiger partial charge < -0.3 is 55.4 Å². The smallest absolute Gasteiger partial charge is 0.187 e. The number of aliphatic hydroxyl groups is 9. The maximum absolute atomic E-state index is 9.85. The SMILES string of the molecule is OC[C@H]1O[C@H](OC2[C@@H](O)[C@@H](O)C(O)[C@H](O)[C@H]2O)[C@H](O)[C@@H](O)[C@H]1O. The van der Waals surface area contributed by atoms with Crippen molar-refractivity contribution >= 4 is 0 Å². The van der Waals surface area contributed by atoms with E-state index in [1.165, 1.54) is 0 Å². The van der Waals surface area contributed by atoms with E-state index in [4.69, 9.17) is 14.6 Å². The molecule has 9 N–H and O–H groups in total. The predicted molar refractivity (Wildman–Crippen MR) is 68.7 cm³/mol. The van der Waals surface area contributed by atoms with Crippen molar-refractivity contribution in [2.24, 2.45) is 0 Å². The first kappa shape index (κ1) is 18.9. The Kier molecular flexibility index (Phi) is 5.92. The summed E-state index contributed by atoms with van der Waals surface area (Å²) < 4.78 is 10.2. The molecule has 2 fully saturated rings. The number of rotatable bonds is 3. The molecule has 2 aliphatic rings. The van der Waals surface area contributed by atoms with Gasteiger partial charge in [-0.25, -0.2) is 0 Å². The van der Waals surface area contributed by atoms with E-state index >= 15 is 0 Å². The molecule has 1 saturated carbocycles. The summed E-state index contributed by atoms with van der Waals surface area (Å²) in [4.78, 5) is 0. The Balaban J connectivity index is 2.13. The normalized spacial score (nSPS) is 54.9. The van der Waals surface area contributed by atoms with Crippen LogP contribution in [0.3, 0.4) is 0 Å². The molecular weight excluding hydrogens is 320 g/mol. The highest BCUT2D eigenvalue weighted by Gasteiger charge is 2.52. The Hall–Kier alpha value is -0.440. The Labute approximate surface area is 130 Å². The lowest BCUT2D eigenvalue weighted by Gasteiger charge is -2.45. The molecule has 0 amide bonds. The fourth-order valence-corrected chi connectivity index (χ4v) is 2.69. The van der Waals surface area contributed by atoms with Gasteiger partial charge in [-0.2, -0.15) is 0 Å². The van der Waals surface area contributed by atoms with Crippen molar-refractivity contribution in [1.29, 1.82) is 0 Å². The van der Waals surface area contributed by atoms with Crippen LogP contribution < -0.4 is 0 Å². The fraction of sp³-hybridized carbons (Fsp3) is 1.00. The predicted octanol–water partition coefficient (Wildman–Crippen LogP) is -6.01. The fourth-order valence-electron chi connectivity index (χ4n) is 2.69. The Morgan fingerprint density at radius 3 is 1.52 bits per heavy atom. The zero-order valence-electron chi connectivity index (χ0n) is 11.9. The molecule has 1 aliphatic heterocycles. The second kappa shape index (κ2) is 7.21. The first-order chi connectivity index (χ1) is 10.7. The van der Waals surface area contributed by atoms with Crippen LogP contribution in [0.15, 0.2) is 0 Å². The van der Waals surface area contributed by atoms with Gasteiger partial charge >= 0.3 is 0 Å². The lowest BCUT2D eigenvalue weighted by Crippen LogP contribution is -2.67. The summed E-state index contributed by atoms with van der Waals surface area (Å²) in [6.45, 7) is -0.704. The summed E-state index contributed by atoms with van der Waals surface area (Å²) in [7, 11) is 0. The second-order valence-electron chi connectivity index (χ2n) is 5.75. The summed E-state index contributed by atoms with van der Waals surface area (Å²) in [5.41, 5.74) is 0. The average Bonchev–Trinajstić information content (AvgIpc) is 2.54. The molecule has 0 bridgehead atoms. The molecule has 1 heterocycles. The van der Waals surface area contributed by atoms with Crippen LogP contribution in [0.25, 0.3) is 0 Å². The highest BCUT2D eigenvalue weighted by molar-refractivity contribution is 5.00. The quantitative estimate of drug-likeness (QED) is 0.236. The maximum Gasteiger partial charge on any atom is 0.187 e. The van der Waals surface area contributed by atoms with Crippen molar-refractivity contribution in [3.8, 4) is 0 Å². The minimum absolute atomic E-state index is 0.704. The average molecular weight is 342 g/mol. The van der Waals surface area contributed by atoms with Gasteiger partial charge in [-0.15, -0.1) is 0 Å². The zero-order chi connectivity index (χ0) is 17.5. The largest absolute Gasteiger partial charge is 0.394 e. The van der Waals surface area contributed by atoms with Crippen LogP contribution in [0.4, 0.5) is 0 Å². The molecule has 11 nitrogen and oxygen atoms in total. The summed E-state index contributed by atoms with van der Waals surface area (Å²) in [5.74, 6) is 0. The topological polar surface area (TPSA) is 201 Å². The van der Waals surface area contributed by atoms with Crippen LogP contribution in [0.5, 0.6) is 0 Å². The minimum Gasteiger partial charge on any atom is -0.394 e. The van der Waals surface area contributed by atoms with E-state index in [0.29, 0.717) is 0 Å². The number of hydrogen-bond donors (Lipinski definition) is 9. The van der Waals surface area contributed by atoms with Gasteiger partial charge in [0.25, 0.3) is 0 Å². The Morgan fingerprint density at radius 2 is 1.04 bits per heavy atom. The van der Waals surface area contributed by atoms with Crippen LogP contribution in [0.2, 0.25) is 0 Å². The van der Waals surface area contributed by atoms with Gasteiger partial charge in [0.15, 0.2) is 6.29 Å². The number of ether oxygens (including phenoxy) is 2. The molecule has 1 saturated heterocycles. The molecule has 0 aromatic heterocycles. The van der Waals surface area contributed by atoms with Crippen molar-refractivity contribution in [2.45, 2.75) is 67.3 Å². The molecule has 1 aliphatic carbocycles. The molecule has 11 atom stereocenters. The van der Waals surface area contributed by atoms with Gasteiger partial charge in [-0.3, -0.25) is 0 Å². The number of hydrogen-bond acceptors (Lipinski definition) is 11. The van der Waals surface area contributed by atoms with E-state index in [9.17, 15) is 40.9 Å². The van der Waals surface area contributed by atoms with Gasteiger partial charge in [0, 0.05) is 0 Å². The van der Waals surface area contributed by atoms with Crippen molar-refractivity contribution in [3.05, 3.63) is 0 Å². The van der Waals surface area contributed by atoms with Crippen molar-refractivity contribution in [2.75, 3.05) is 6.61 Å². The van der Waals surface area contributed by atoms with Crippen LogP contribution in [0.1, 0.15) is 0 Å². The van der Waals surface area contributed by atoms with Crippen LogP contribution in [-0.4, -0.2) is 120 Å². The lowest BCUT2D eigenvalue weighted by atomic mass is 9.84. The molecule has 0 aromatic rings. The van der Waals surface area contributed by atoms with Crippen LogP contribution in [-0.2, 0) is 9.47 Å². The molecular formula is C12H22O11. The highest BCUT2D eigenvalue weighted by Crippen LogP contribution is 2.29. The monoisotopic (exact) mass is 342 g/mol. The third kappa shape index (κ3) is 3.36. The highest BCUT2D eigenvalue weighted by atomic mass is 16.7. The van der Waals surface area contributed by atoms with Gasteiger partial charge in [-0.05, 0) is 0 Å². The van der Waals surface area contributed by atoms with Crippen molar-refractivity contribution in [1.82, 2.24) is 0 Å². The molecule has 11 heteroatoms. The third-order valence-corrected chi connectivity index (χ3v) is 4.21. The molecule has 23 heavy (non-hydrogen) atoms. The molecule has 2 unspecified atom stereocenters. The molecule has 0 radical (unpaired) electrons. The Bertz CT molecular complexity index is 377. The Morgan fingerprint density at radius 1 is 0.609 bits per heavy atom. The third-order valence-electron chi connectivity index (χ3n) is 4.21. The lowest BCUT2D eigenvalue weighted by molar-refractivity contribution is -0.339. The zero-order valence-corrected chi connectivity index (χ0v) is 11.9. The summed E-state index contributed by atoms with van der Waals surface area (Å²) in [5, 5.41) is 86.6. The van der Waals surface area contributed by atoms with Crippen molar-refractivity contribution < 1.29 is 55.4 Å². The summed E-state index contributed by atoms with van der Waals surface area (Å²) in [6.07, 6.45) is -18.9. The van der Waals surface area contributed by atoms with E-state index in [2.05, 4.69) is 0 Å². The van der Waals surface area contributed by atoms with Gasteiger partial charge in [-0.1, -0.05) is 0 Å². The van der Waals surface area contributed by atoms with E-state index in [1.807, 2.05) is 0 Å². The summed E-state index contributed by atoms with van der Waals surface area (Å²) in [6, 6.07) is 0. The van der Waals surface area contributed by atoms with Crippen LogP contribution in [0, 0.1) is 0 Å². The minimum atomic E-state index is -1.83. The molecule has 0 aromatic carbocycles. The van der Waals surface area contributed by atoms with Crippen molar-refractivity contribution in [3.63, 3.8) is 0 Å². The molecule has 0 spiro atoms. The first-order valence-electron chi connectivity index (χ1n) is 7.07. The van der Waals surface area contributed by atoms with E-state index < -0.39 is 73.9 Å². The van der Waals surface area contributed by atoms with E-state index in [0.717, 1.165) is 0 Å². The number of aliphatic hydroxyl groups excluding tert-OH is 9. The molecule has 136 valence electrons. The van der Waals surface area contributed by atoms with Gasteiger partial charge in [0.2, 0.25) is 0 Å². The summed E-state index contributed by atoms with van der Waals surface area (Å²) >= 11 is 0. The molecule has 2 rings (SSSR count). The standard InChI is InChI=1S/C12H22O11/c13-1-2-3(14)4(15)10(21)12(22-2)23-11-8(19)6(17)5(16)7(18)9(11)20/h2-21H,1H2/t2-,3+,4+,5?,6+,7+,8-,9+,10-,11?,12-/m1/s1. The van der Waals surface area contributed by atoms with Gasteiger partial charge in [0.1, 0.15) is 61.0 Å². The second-order valence-corrected chi connectivity index (χ2v) is 5.75. The first-order valence-corrected chi connectivity index (χ1v) is 7.07. The van der Waals surface area contributed by atoms with E-state index in [-0.39, 0.29) is 0 Å². The van der Waals surface area contributed by atoms with Crippen LogP contribution >= 0.6 is 0 Å². The van der Waals surface area contributed by atoms with Gasteiger partial charge in [0.05, 0.1) is 6.61 Å².